The van der Waals surface area contributed by atoms with Crippen molar-refractivity contribution in [1.29, 1.82) is 0 Å². The molecule has 0 aliphatic carbocycles. The van der Waals surface area contributed by atoms with Crippen LogP contribution in [0.5, 0.6) is 0 Å². The Morgan fingerprint density at radius 1 is 1.50 bits per heavy atom. The Labute approximate surface area is 105 Å². The van der Waals surface area contributed by atoms with Crippen molar-refractivity contribution < 1.29 is 23.1 Å². The minimum atomic E-state index is -4.52. The van der Waals surface area contributed by atoms with Gasteiger partial charge in [0.05, 0.1) is 6.42 Å². The zero-order valence-corrected chi connectivity index (χ0v) is 10.3. The number of hydrogen-bond donors (Lipinski definition) is 2. The molecule has 0 fully saturated rings. The summed E-state index contributed by atoms with van der Waals surface area (Å²) in [6, 6.07) is -0.443. The molecule has 1 heterocycles. The summed E-state index contributed by atoms with van der Waals surface area (Å²) in [7, 11) is 0. The first-order valence-corrected chi connectivity index (χ1v) is 6.03. The van der Waals surface area contributed by atoms with Gasteiger partial charge in [-0.3, -0.25) is 4.79 Å². The van der Waals surface area contributed by atoms with Crippen molar-refractivity contribution >= 4 is 22.4 Å². The second kappa shape index (κ2) is 5.98. The number of aromatic nitrogens is 2. The fourth-order valence-electron chi connectivity index (χ4n) is 1.36. The van der Waals surface area contributed by atoms with Gasteiger partial charge in [0.1, 0.15) is 0 Å². The zero-order chi connectivity index (χ0) is 13.8. The van der Waals surface area contributed by atoms with Gasteiger partial charge in [-0.05, 0) is 6.42 Å². The number of carboxylic acid groups (broad SMARTS) is 1. The largest absolute Gasteiger partial charge is 0.481 e. The average molecular weight is 283 g/mol. The number of carboxylic acids is 1. The number of carbonyl (C=O) groups is 1. The molecular formula is C9H12F3N3O2S. The number of nitrogens with zero attached hydrogens (tertiary/aromatic N) is 2. The van der Waals surface area contributed by atoms with Crippen LogP contribution in [-0.4, -0.2) is 27.3 Å². The highest BCUT2D eigenvalue weighted by atomic mass is 32.1. The van der Waals surface area contributed by atoms with Crippen LogP contribution < -0.4 is 5.32 Å². The summed E-state index contributed by atoms with van der Waals surface area (Å²) >= 11 is 0.370. The molecule has 2 N–H and O–H groups in total. The van der Waals surface area contributed by atoms with Crippen LogP contribution in [0, 0.1) is 0 Å². The van der Waals surface area contributed by atoms with E-state index < -0.39 is 23.2 Å². The normalized spacial score (nSPS) is 13.3. The smallest absolute Gasteiger partial charge is 0.445 e. The summed E-state index contributed by atoms with van der Waals surface area (Å²) in [5, 5.41) is 16.7. The van der Waals surface area contributed by atoms with Crippen molar-refractivity contribution in [2.45, 2.75) is 38.4 Å². The number of halogens is 3. The molecular weight excluding hydrogens is 271 g/mol. The van der Waals surface area contributed by atoms with E-state index in [-0.39, 0.29) is 11.6 Å². The van der Waals surface area contributed by atoms with Crippen molar-refractivity contribution in [2.24, 2.45) is 0 Å². The van der Waals surface area contributed by atoms with Crippen molar-refractivity contribution in [2.75, 3.05) is 5.32 Å². The van der Waals surface area contributed by atoms with Crippen molar-refractivity contribution in [3.8, 4) is 0 Å². The summed E-state index contributed by atoms with van der Waals surface area (Å²) in [6.45, 7) is 1.86. The Balaban J connectivity index is 2.69. The fraction of sp³-hybridized carbons (Fsp3) is 0.667. The van der Waals surface area contributed by atoms with E-state index in [4.69, 9.17) is 5.11 Å². The van der Waals surface area contributed by atoms with Crippen LogP contribution in [0.3, 0.4) is 0 Å². The van der Waals surface area contributed by atoms with Gasteiger partial charge in [-0.15, -0.1) is 10.2 Å². The van der Waals surface area contributed by atoms with Gasteiger partial charge in [-0.25, -0.2) is 0 Å². The Morgan fingerprint density at radius 3 is 2.61 bits per heavy atom. The second-order valence-corrected chi connectivity index (χ2v) is 4.62. The third-order valence-electron chi connectivity index (χ3n) is 2.05. The minimum Gasteiger partial charge on any atom is -0.481 e. The van der Waals surface area contributed by atoms with Crippen LogP contribution >= 0.6 is 11.3 Å². The molecule has 0 aromatic carbocycles. The molecule has 0 saturated carbocycles. The molecule has 0 saturated heterocycles. The summed E-state index contributed by atoms with van der Waals surface area (Å²) in [4.78, 5) is 10.6. The van der Waals surface area contributed by atoms with Crippen molar-refractivity contribution in [3.05, 3.63) is 5.01 Å². The summed E-state index contributed by atoms with van der Waals surface area (Å²) in [5.41, 5.74) is 0. The van der Waals surface area contributed by atoms with E-state index >= 15 is 0 Å². The van der Waals surface area contributed by atoms with Gasteiger partial charge in [0.2, 0.25) is 10.1 Å². The lowest BCUT2D eigenvalue weighted by Gasteiger charge is -2.14. The van der Waals surface area contributed by atoms with Crippen LogP contribution in [0.1, 0.15) is 31.2 Å². The molecule has 0 spiro atoms. The predicted molar refractivity (Wildman–Crippen MR) is 59.5 cm³/mol. The molecule has 0 aliphatic rings. The van der Waals surface area contributed by atoms with Crippen LogP contribution in [0.4, 0.5) is 18.3 Å². The minimum absolute atomic E-state index is 0.0120. The number of alkyl halides is 3. The first kappa shape index (κ1) is 14.7. The van der Waals surface area contributed by atoms with Gasteiger partial charge >= 0.3 is 12.1 Å². The lowest BCUT2D eigenvalue weighted by atomic mass is 10.1. The molecule has 0 radical (unpaired) electrons. The molecule has 102 valence electrons. The third kappa shape index (κ3) is 4.47. The highest BCUT2D eigenvalue weighted by Crippen LogP contribution is 2.33. The van der Waals surface area contributed by atoms with E-state index in [1.807, 2.05) is 6.92 Å². The Bertz CT molecular complexity index is 408. The molecule has 5 nitrogen and oxygen atoms in total. The van der Waals surface area contributed by atoms with Crippen LogP contribution in [0.25, 0.3) is 0 Å². The lowest BCUT2D eigenvalue weighted by molar-refractivity contribution is -0.138. The monoisotopic (exact) mass is 283 g/mol. The highest BCUT2D eigenvalue weighted by Gasteiger charge is 2.35. The molecule has 0 amide bonds. The van der Waals surface area contributed by atoms with Crippen molar-refractivity contribution in [1.82, 2.24) is 10.2 Å². The lowest BCUT2D eigenvalue weighted by Crippen LogP contribution is -2.22. The number of rotatable bonds is 6. The summed E-state index contributed by atoms with van der Waals surface area (Å²) in [5.74, 6) is -1.01. The molecule has 0 bridgehead atoms. The molecule has 1 rings (SSSR count). The van der Waals surface area contributed by atoms with Gasteiger partial charge < -0.3 is 10.4 Å². The first-order chi connectivity index (χ1) is 8.32. The van der Waals surface area contributed by atoms with Gasteiger partial charge in [-0.1, -0.05) is 24.7 Å². The van der Waals surface area contributed by atoms with E-state index in [0.717, 1.165) is 6.42 Å². The van der Waals surface area contributed by atoms with Gasteiger partial charge in [0.25, 0.3) is 0 Å². The summed E-state index contributed by atoms with van der Waals surface area (Å²) in [6.07, 6.45) is -3.44. The average Bonchev–Trinajstić information content (AvgIpc) is 2.64. The quantitative estimate of drug-likeness (QED) is 0.839. The van der Waals surface area contributed by atoms with Gasteiger partial charge in [0.15, 0.2) is 0 Å². The molecule has 1 aromatic heterocycles. The van der Waals surface area contributed by atoms with E-state index in [1.54, 1.807) is 0 Å². The van der Waals surface area contributed by atoms with E-state index in [0.29, 0.717) is 17.8 Å². The van der Waals surface area contributed by atoms with Gasteiger partial charge in [-0.2, -0.15) is 13.2 Å². The van der Waals surface area contributed by atoms with Gasteiger partial charge in [0, 0.05) is 6.04 Å². The number of nitrogens with one attached hydrogen (secondary N) is 1. The van der Waals surface area contributed by atoms with Crippen LogP contribution in [0.2, 0.25) is 0 Å². The van der Waals surface area contributed by atoms with Crippen LogP contribution in [0.15, 0.2) is 0 Å². The number of aliphatic carboxylic acids is 1. The Hall–Kier alpha value is -1.38. The maximum atomic E-state index is 12.3. The third-order valence-corrected chi connectivity index (χ3v) is 2.95. The van der Waals surface area contributed by atoms with Crippen molar-refractivity contribution in [3.63, 3.8) is 0 Å². The maximum absolute atomic E-state index is 12.3. The first-order valence-electron chi connectivity index (χ1n) is 5.22. The molecule has 1 unspecified atom stereocenters. The fourth-order valence-corrected chi connectivity index (χ4v) is 2.04. The highest BCUT2D eigenvalue weighted by molar-refractivity contribution is 7.15. The molecule has 1 aromatic rings. The molecule has 0 aliphatic heterocycles. The zero-order valence-electron chi connectivity index (χ0n) is 9.49. The molecule has 18 heavy (non-hydrogen) atoms. The second-order valence-electron chi connectivity index (χ2n) is 3.64. The standard InChI is InChI=1S/C9H12F3N3O2S/c1-2-3-5(4-6(16)17)13-8-15-14-7(18-8)9(10,11)12/h5H,2-4H2,1H3,(H,13,15)(H,16,17). The van der Waals surface area contributed by atoms with Crippen LogP contribution in [-0.2, 0) is 11.0 Å². The maximum Gasteiger partial charge on any atom is 0.445 e. The van der Waals surface area contributed by atoms with E-state index in [2.05, 4.69) is 15.5 Å². The van der Waals surface area contributed by atoms with E-state index in [9.17, 15) is 18.0 Å². The summed E-state index contributed by atoms with van der Waals surface area (Å²) < 4.78 is 36.8. The molecule has 1 atom stereocenters. The predicted octanol–water partition coefficient (Wildman–Crippen LogP) is 2.61. The number of hydrogen-bond acceptors (Lipinski definition) is 5. The molecule has 9 heteroatoms. The Morgan fingerprint density at radius 2 is 2.17 bits per heavy atom. The Kier molecular flexibility index (Phi) is 4.88. The SMILES string of the molecule is CCCC(CC(=O)O)Nc1nnc(C(F)(F)F)s1. The number of anilines is 1. The topological polar surface area (TPSA) is 75.1 Å². The van der Waals surface area contributed by atoms with E-state index in [1.165, 1.54) is 0 Å².